The monoisotopic (exact) mass is 473 g/mol. The van der Waals surface area contributed by atoms with E-state index < -0.39 is 41.8 Å². The third-order valence-electron chi connectivity index (χ3n) is 5.51. The number of fused-ring (bicyclic) bond motifs is 1. The number of nitrogens with one attached hydrogen (secondary N) is 4. The van der Waals surface area contributed by atoms with Crippen LogP contribution in [0.2, 0.25) is 0 Å². The van der Waals surface area contributed by atoms with Gasteiger partial charge < -0.3 is 31.8 Å². The van der Waals surface area contributed by atoms with E-state index >= 15 is 0 Å². The topological polar surface area (TPSA) is 166 Å². The van der Waals surface area contributed by atoms with Gasteiger partial charge in [-0.25, -0.2) is 4.79 Å². The van der Waals surface area contributed by atoms with Gasteiger partial charge in [-0.1, -0.05) is 45.9 Å². The van der Waals surface area contributed by atoms with Crippen molar-refractivity contribution in [1.29, 1.82) is 0 Å². The minimum atomic E-state index is -1.16. The maximum atomic E-state index is 13.2. The van der Waals surface area contributed by atoms with Gasteiger partial charge in [-0.3, -0.25) is 14.4 Å². The van der Waals surface area contributed by atoms with Crippen molar-refractivity contribution in [3.8, 4) is 0 Å². The molecule has 0 bridgehead atoms. The molecule has 0 saturated heterocycles. The molecule has 2 aromatic rings. The van der Waals surface area contributed by atoms with Crippen molar-refractivity contribution >= 4 is 34.6 Å². The van der Waals surface area contributed by atoms with E-state index in [4.69, 9.17) is 5.73 Å². The molecular weight excluding hydrogens is 438 g/mol. The Hall–Kier alpha value is -3.40. The Morgan fingerprint density at radius 2 is 1.62 bits per heavy atom. The molecule has 10 nitrogen and oxygen atoms in total. The highest BCUT2D eigenvalue weighted by Crippen LogP contribution is 2.19. The zero-order valence-electron chi connectivity index (χ0n) is 20.1. The van der Waals surface area contributed by atoms with Crippen molar-refractivity contribution in [2.75, 3.05) is 6.54 Å². The van der Waals surface area contributed by atoms with E-state index in [1.54, 1.807) is 20.0 Å². The first-order valence-electron chi connectivity index (χ1n) is 11.4. The average Bonchev–Trinajstić information content (AvgIpc) is 3.18. The van der Waals surface area contributed by atoms with Crippen LogP contribution in [0.4, 0.5) is 0 Å². The smallest absolute Gasteiger partial charge is 0.326 e. The summed E-state index contributed by atoms with van der Waals surface area (Å²) in [6, 6.07) is 4.49. The van der Waals surface area contributed by atoms with Crippen LogP contribution in [0.25, 0.3) is 10.9 Å². The van der Waals surface area contributed by atoms with E-state index in [2.05, 4.69) is 20.9 Å². The highest BCUT2D eigenvalue weighted by atomic mass is 16.4. The van der Waals surface area contributed by atoms with Crippen molar-refractivity contribution in [3.05, 3.63) is 36.0 Å². The number of hydrogen-bond donors (Lipinski definition) is 6. The number of H-pyrrole nitrogens is 1. The maximum absolute atomic E-state index is 13.2. The molecule has 3 amide bonds. The Morgan fingerprint density at radius 1 is 0.971 bits per heavy atom. The summed E-state index contributed by atoms with van der Waals surface area (Å²) in [6.45, 7) is 6.92. The lowest BCUT2D eigenvalue weighted by molar-refractivity contribution is -0.143. The summed E-state index contributed by atoms with van der Waals surface area (Å²) < 4.78 is 0. The fourth-order valence-corrected chi connectivity index (χ4v) is 3.73. The van der Waals surface area contributed by atoms with E-state index in [9.17, 15) is 24.3 Å². The van der Waals surface area contributed by atoms with Crippen LogP contribution < -0.4 is 21.7 Å². The third-order valence-corrected chi connectivity index (χ3v) is 5.51. The van der Waals surface area contributed by atoms with Crippen molar-refractivity contribution in [1.82, 2.24) is 20.9 Å². The molecule has 7 N–H and O–H groups in total. The molecule has 34 heavy (non-hydrogen) atoms. The number of aromatic amines is 1. The van der Waals surface area contributed by atoms with E-state index in [1.165, 1.54) is 0 Å². The van der Waals surface area contributed by atoms with Crippen molar-refractivity contribution in [2.45, 2.75) is 58.7 Å². The normalized spacial score (nSPS) is 14.0. The molecule has 1 aromatic carbocycles. The second-order valence-electron chi connectivity index (χ2n) is 9.15. The molecule has 3 unspecified atom stereocenters. The zero-order valence-corrected chi connectivity index (χ0v) is 20.1. The van der Waals surface area contributed by atoms with Crippen LogP contribution in [0, 0.1) is 11.8 Å². The number of hydrogen-bond acceptors (Lipinski definition) is 5. The number of carboxylic acids is 1. The average molecular weight is 474 g/mol. The lowest BCUT2D eigenvalue weighted by Crippen LogP contribution is -2.57. The summed E-state index contributed by atoms with van der Waals surface area (Å²) in [4.78, 5) is 52.9. The Bertz CT molecular complexity index is 1020. The SMILES string of the molecule is CC(C)CC(NC(=O)CN)C(=O)NC(Cc1c[nH]c2ccccc12)C(=O)NC(C(=O)O)C(C)C. The lowest BCUT2D eigenvalue weighted by atomic mass is 9.99. The van der Waals surface area contributed by atoms with Crippen LogP contribution in [-0.4, -0.2) is 58.5 Å². The van der Waals surface area contributed by atoms with Gasteiger partial charge >= 0.3 is 5.97 Å². The van der Waals surface area contributed by atoms with Gasteiger partial charge in [0.15, 0.2) is 0 Å². The van der Waals surface area contributed by atoms with Gasteiger partial charge in [-0.2, -0.15) is 0 Å². The molecule has 1 aromatic heterocycles. The van der Waals surface area contributed by atoms with E-state index in [0.29, 0.717) is 6.42 Å². The van der Waals surface area contributed by atoms with Crippen molar-refractivity contribution in [3.63, 3.8) is 0 Å². The summed E-state index contributed by atoms with van der Waals surface area (Å²) >= 11 is 0. The predicted molar refractivity (Wildman–Crippen MR) is 129 cm³/mol. The second-order valence-corrected chi connectivity index (χ2v) is 9.15. The number of carboxylic acid groups (broad SMARTS) is 1. The van der Waals surface area contributed by atoms with E-state index in [1.807, 2.05) is 38.1 Å². The van der Waals surface area contributed by atoms with Gasteiger partial charge in [0.2, 0.25) is 17.7 Å². The minimum absolute atomic E-state index is 0.0899. The maximum Gasteiger partial charge on any atom is 0.326 e. The molecular formula is C24H35N5O5. The second kappa shape index (κ2) is 12.2. The molecule has 10 heteroatoms. The van der Waals surface area contributed by atoms with Crippen LogP contribution in [0.5, 0.6) is 0 Å². The molecule has 0 aliphatic heterocycles. The lowest BCUT2D eigenvalue weighted by Gasteiger charge is -2.26. The number of benzene rings is 1. The number of carbonyl (C=O) groups excluding carboxylic acids is 3. The number of aromatic nitrogens is 1. The Morgan fingerprint density at radius 3 is 2.21 bits per heavy atom. The van der Waals surface area contributed by atoms with Gasteiger partial charge in [0, 0.05) is 23.5 Å². The van der Waals surface area contributed by atoms with Crippen molar-refractivity contribution < 1.29 is 24.3 Å². The van der Waals surface area contributed by atoms with Crippen LogP contribution >= 0.6 is 0 Å². The number of amides is 3. The molecule has 2 rings (SSSR count). The van der Waals surface area contributed by atoms with Crippen molar-refractivity contribution in [2.24, 2.45) is 17.6 Å². The van der Waals surface area contributed by atoms with Gasteiger partial charge in [-0.05, 0) is 29.9 Å². The highest BCUT2D eigenvalue weighted by molar-refractivity contribution is 5.94. The molecule has 0 radical (unpaired) electrons. The fourth-order valence-electron chi connectivity index (χ4n) is 3.73. The quantitative estimate of drug-likeness (QED) is 0.268. The summed E-state index contributed by atoms with van der Waals surface area (Å²) in [7, 11) is 0. The molecule has 0 spiro atoms. The van der Waals surface area contributed by atoms with Gasteiger partial charge in [0.25, 0.3) is 0 Å². The Labute approximate surface area is 199 Å². The third kappa shape index (κ3) is 7.31. The first-order chi connectivity index (χ1) is 16.0. The van der Waals surface area contributed by atoms with Gasteiger partial charge in [-0.15, -0.1) is 0 Å². The van der Waals surface area contributed by atoms with Crippen LogP contribution in [-0.2, 0) is 25.6 Å². The summed E-state index contributed by atoms with van der Waals surface area (Å²) in [6.07, 6.45) is 2.24. The first kappa shape index (κ1) is 26.8. The standard InChI is InChI=1S/C24H35N5O5/c1-13(2)9-18(27-20(30)11-25)22(31)28-19(23(32)29-21(14(3)4)24(33)34)10-15-12-26-17-8-6-5-7-16(15)17/h5-8,12-14,18-19,21,26H,9-11,25H2,1-4H3,(H,27,30)(H,28,31)(H,29,32)(H,33,34). The Balaban J connectivity index is 2.32. The number of carbonyl (C=O) groups is 4. The fraction of sp³-hybridized carbons (Fsp3) is 0.500. The molecule has 0 aliphatic carbocycles. The summed E-state index contributed by atoms with van der Waals surface area (Å²) in [5, 5.41) is 18.3. The van der Waals surface area contributed by atoms with E-state index in [0.717, 1.165) is 16.5 Å². The summed E-state index contributed by atoms with van der Waals surface area (Å²) in [5.74, 6) is -3.06. The largest absolute Gasteiger partial charge is 0.480 e. The van der Waals surface area contributed by atoms with Crippen LogP contribution in [0.1, 0.15) is 39.7 Å². The van der Waals surface area contributed by atoms with Gasteiger partial charge in [0.05, 0.1) is 6.54 Å². The van der Waals surface area contributed by atoms with Crippen LogP contribution in [0.15, 0.2) is 30.5 Å². The number of para-hydroxylation sites is 1. The van der Waals surface area contributed by atoms with Crippen LogP contribution in [0.3, 0.4) is 0 Å². The summed E-state index contributed by atoms with van der Waals surface area (Å²) in [5.41, 5.74) is 7.06. The molecule has 3 atom stereocenters. The molecule has 1 heterocycles. The van der Waals surface area contributed by atoms with Gasteiger partial charge in [0.1, 0.15) is 18.1 Å². The predicted octanol–water partition coefficient (Wildman–Crippen LogP) is 0.910. The number of nitrogens with two attached hydrogens (primary N) is 1. The zero-order chi connectivity index (χ0) is 25.4. The molecule has 0 saturated carbocycles. The molecule has 186 valence electrons. The number of rotatable bonds is 12. The Kier molecular flexibility index (Phi) is 9.61. The first-order valence-corrected chi connectivity index (χ1v) is 11.4. The van der Waals surface area contributed by atoms with E-state index in [-0.39, 0.29) is 24.8 Å². The minimum Gasteiger partial charge on any atom is -0.480 e. The molecule has 0 aliphatic rings. The molecule has 0 fully saturated rings. The number of aliphatic carboxylic acids is 1. The highest BCUT2D eigenvalue weighted by Gasteiger charge is 2.31.